The van der Waals surface area contributed by atoms with Gasteiger partial charge in [0.2, 0.25) is 0 Å². The first-order valence-electron chi connectivity index (χ1n) is 23.3. The van der Waals surface area contributed by atoms with Crippen LogP contribution in [0.3, 0.4) is 0 Å². The molecule has 0 atom stereocenters. The van der Waals surface area contributed by atoms with Gasteiger partial charge in [0.25, 0.3) is 11.8 Å². The molecule has 2 aliphatic heterocycles. The van der Waals surface area contributed by atoms with Gasteiger partial charge >= 0.3 is 6.18 Å². The number of alkyl halides is 3. The number of halogens is 4. The van der Waals surface area contributed by atoms with Crippen molar-refractivity contribution in [2.75, 3.05) is 75.7 Å². The molecular formula is C49H50ClF3N16O2. The molecule has 2 saturated heterocycles. The van der Waals surface area contributed by atoms with Crippen LogP contribution in [0.1, 0.15) is 72.5 Å². The van der Waals surface area contributed by atoms with Crippen molar-refractivity contribution >= 4 is 80.3 Å². The van der Waals surface area contributed by atoms with Gasteiger partial charge in [0.1, 0.15) is 22.9 Å². The van der Waals surface area contributed by atoms with E-state index in [9.17, 15) is 22.8 Å². The Morgan fingerprint density at radius 3 is 2.14 bits per heavy atom. The summed E-state index contributed by atoms with van der Waals surface area (Å²) in [5, 5.41) is 10.1. The van der Waals surface area contributed by atoms with Crippen LogP contribution in [0.4, 0.5) is 59.3 Å². The number of anilines is 8. The number of carbonyl (C=O) groups excluding carboxylic acids is 2. The molecule has 2 amide bonds. The van der Waals surface area contributed by atoms with Gasteiger partial charge in [-0.3, -0.25) is 14.6 Å². The first kappa shape index (κ1) is 48.3. The lowest BCUT2D eigenvalue weighted by molar-refractivity contribution is -0.137. The van der Waals surface area contributed by atoms with Crippen LogP contribution in [-0.2, 0) is 6.18 Å². The van der Waals surface area contributed by atoms with Gasteiger partial charge in [-0.2, -0.15) is 13.2 Å². The minimum Gasteiger partial charge on any atom is -0.382 e. The lowest BCUT2D eigenvalue weighted by atomic mass is 10.1. The van der Waals surface area contributed by atoms with Gasteiger partial charge in [-0.25, -0.2) is 34.9 Å². The summed E-state index contributed by atoms with van der Waals surface area (Å²) < 4.78 is 44.0. The second-order valence-corrected chi connectivity index (χ2v) is 17.6. The molecular weight excluding hydrogens is 937 g/mol. The molecule has 0 bridgehead atoms. The largest absolute Gasteiger partial charge is 0.418 e. The van der Waals surface area contributed by atoms with Gasteiger partial charge < -0.3 is 42.1 Å². The fourth-order valence-corrected chi connectivity index (χ4v) is 8.79. The third kappa shape index (κ3) is 10.4. The van der Waals surface area contributed by atoms with Crippen LogP contribution in [0.2, 0.25) is 5.02 Å². The van der Waals surface area contributed by atoms with Crippen molar-refractivity contribution in [3.05, 3.63) is 108 Å². The second-order valence-electron chi connectivity index (χ2n) is 17.1. The van der Waals surface area contributed by atoms with Gasteiger partial charge in [-0.15, -0.1) is 0 Å². The summed E-state index contributed by atoms with van der Waals surface area (Å²) >= 11 is 6.81. The Bertz CT molecular complexity index is 3110. The number of pyridine rings is 4. The molecule has 22 heteroatoms. The van der Waals surface area contributed by atoms with Crippen molar-refractivity contribution in [1.82, 2.24) is 39.9 Å². The molecule has 71 heavy (non-hydrogen) atoms. The average Bonchev–Trinajstić information content (AvgIpc) is 3.34. The number of benzene rings is 1. The van der Waals surface area contributed by atoms with Gasteiger partial charge in [0.05, 0.1) is 35.0 Å². The van der Waals surface area contributed by atoms with Crippen LogP contribution < -0.4 is 42.1 Å². The monoisotopic (exact) mass is 986 g/mol. The molecule has 2 aliphatic rings. The van der Waals surface area contributed by atoms with Crippen LogP contribution in [0.15, 0.2) is 85.6 Å². The molecule has 7 N–H and O–H groups in total. The third-order valence-electron chi connectivity index (χ3n) is 12.2. The standard InChI is InChI=1S/C49H50ClF3N16O2/c1-3-18-67(19-4-2)36-8-5-15-57-44(36)65-47(70)41-43(55)59-26-34(61-41)39-31-24-28(50)25-33(30(31)12-17-56-39)63-46-42(48(71)66-45-37(9-6-16-58-45)68-22-13-29(54)14-23-68)62-35(27-60-46)40-32(49(51,52)53)10-11-38(64-40)69-20-7-21-69/h5-6,8-12,15-17,24-27,29H,3-4,7,13-14,18-23,54H2,1-2H3,(H2,55,59)(H,60,63)(H,57,65,70)(H,58,66,71). The molecule has 7 aromatic rings. The number of piperidine rings is 1. The van der Waals surface area contributed by atoms with E-state index >= 15 is 0 Å². The zero-order valence-corrected chi connectivity index (χ0v) is 39.6. The Balaban J connectivity index is 1.10. The number of hydrogen-bond donors (Lipinski definition) is 5. The minimum absolute atomic E-state index is 0.0407. The average molecular weight is 987 g/mol. The quantitative estimate of drug-likeness (QED) is 0.0647. The van der Waals surface area contributed by atoms with Crippen molar-refractivity contribution < 1.29 is 22.8 Å². The molecule has 366 valence electrons. The number of nitrogens with zero attached hydrogens (tertiary/aromatic N) is 11. The highest BCUT2D eigenvalue weighted by molar-refractivity contribution is 6.32. The van der Waals surface area contributed by atoms with E-state index in [1.54, 1.807) is 36.5 Å². The summed E-state index contributed by atoms with van der Waals surface area (Å²) in [5.41, 5.74) is 12.3. The molecule has 2 fully saturated rings. The Morgan fingerprint density at radius 2 is 1.42 bits per heavy atom. The zero-order valence-electron chi connectivity index (χ0n) is 38.8. The number of aromatic nitrogens is 8. The molecule has 0 spiro atoms. The van der Waals surface area contributed by atoms with E-state index in [2.05, 4.69) is 79.5 Å². The molecule has 0 aliphatic carbocycles. The van der Waals surface area contributed by atoms with Crippen molar-refractivity contribution in [2.45, 2.75) is 58.2 Å². The number of carbonyl (C=O) groups is 2. The number of hydrogen-bond acceptors (Lipinski definition) is 16. The lowest BCUT2D eigenvalue weighted by Gasteiger charge is -2.32. The maximum atomic E-state index is 14.7. The summed E-state index contributed by atoms with van der Waals surface area (Å²) in [6.07, 6.45) is 6.43. The predicted octanol–water partition coefficient (Wildman–Crippen LogP) is 8.60. The molecule has 0 radical (unpaired) electrons. The molecule has 9 rings (SSSR count). The van der Waals surface area contributed by atoms with Crippen molar-refractivity contribution in [3.63, 3.8) is 0 Å². The number of nitrogens with two attached hydrogens (primary N) is 2. The first-order valence-corrected chi connectivity index (χ1v) is 23.6. The van der Waals surface area contributed by atoms with Crippen molar-refractivity contribution in [3.8, 4) is 22.8 Å². The summed E-state index contributed by atoms with van der Waals surface area (Å²) in [4.78, 5) is 70.7. The maximum Gasteiger partial charge on any atom is 0.418 e. The summed E-state index contributed by atoms with van der Waals surface area (Å²) in [7, 11) is 0. The van der Waals surface area contributed by atoms with Crippen LogP contribution in [0.5, 0.6) is 0 Å². The van der Waals surface area contributed by atoms with E-state index in [-0.39, 0.29) is 57.0 Å². The minimum atomic E-state index is -4.81. The van der Waals surface area contributed by atoms with Crippen molar-refractivity contribution in [1.29, 1.82) is 0 Å². The number of fused-ring (bicyclic) bond motifs is 1. The Kier molecular flexibility index (Phi) is 14.0. The van der Waals surface area contributed by atoms with Crippen LogP contribution >= 0.6 is 11.6 Å². The zero-order chi connectivity index (χ0) is 49.8. The second kappa shape index (κ2) is 20.7. The van der Waals surface area contributed by atoms with Crippen LogP contribution in [0, 0.1) is 0 Å². The van der Waals surface area contributed by atoms with Gasteiger partial charge in [0.15, 0.2) is 34.7 Å². The Hall–Kier alpha value is -7.78. The van der Waals surface area contributed by atoms with E-state index in [4.69, 9.17) is 23.1 Å². The predicted molar refractivity (Wildman–Crippen MR) is 269 cm³/mol. The normalized spacial score (nSPS) is 14.0. The molecule has 18 nitrogen and oxygen atoms in total. The first-order chi connectivity index (χ1) is 34.3. The van der Waals surface area contributed by atoms with E-state index in [0.717, 1.165) is 63.1 Å². The topological polar surface area (TPSA) is 235 Å². The molecule has 1 aromatic carbocycles. The summed E-state index contributed by atoms with van der Waals surface area (Å²) in [6.45, 7) is 8.17. The SMILES string of the molecule is CCCN(CCC)c1cccnc1NC(=O)c1nc(-c2nccc3c(Nc4ncc(-c5nc(N6CCC6)ccc5C(F)(F)F)nc4C(=O)Nc4ncccc4N4CCC(N)CC4)cc(Cl)cc23)cnc1N. The molecule has 0 saturated carbocycles. The van der Waals surface area contributed by atoms with Crippen LogP contribution in [0.25, 0.3) is 33.5 Å². The van der Waals surface area contributed by atoms with Gasteiger partial charge in [-0.05, 0) is 86.7 Å². The van der Waals surface area contributed by atoms with Crippen molar-refractivity contribution in [2.24, 2.45) is 5.73 Å². The third-order valence-corrected chi connectivity index (χ3v) is 12.4. The molecule has 6 aromatic heterocycles. The highest BCUT2D eigenvalue weighted by Crippen LogP contribution is 2.39. The van der Waals surface area contributed by atoms with E-state index in [1.165, 1.54) is 24.7 Å². The van der Waals surface area contributed by atoms with E-state index < -0.39 is 29.2 Å². The highest BCUT2D eigenvalue weighted by atomic mass is 35.5. The van der Waals surface area contributed by atoms with Gasteiger partial charge in [0, 0.05) is 85.4 Å². The smallest absolute Gasteiger partial charge is 0.382 e. The Labute approximate surface area is 411 Å². The van der Waals surface area contributed by atoms with E-state index in [1.807, 2.05) is 17.0 Å². The van der Waals surface area contributed by atoms with Gasteiger partial charge in [-0.1, -0.05) is 25.4 Å². The maximum absolute atomic E-state index is 14.7. The number of rotatable bonds is 15. The number of nitrogen functional groups attached to an aromatic ring is 1. The fraction of sp³-hybridized carbons (Fsp3) is 0.306. The van der Waals surface area contributed by atoms with E-state index in [0.29, 0.717) is 60.0 Å². The highest BCUT2D eigenvalue weighted by Gasteiger charge is 2.36. The fourth-order valence-electron chi connectivity index (χ4n) is 8.57. The number of nitrogens with one attached hydrogen (secondary N) is 3. The molecule has 0 unspecified atom stereocenters. The molecule has 8 heterocycles. The summed E-state index contributed by atoms with van der Waals surface area (Å²) in [6, 6.07) is 14.5. The van der Waals surface area contributed by atoms with Crippen LogP contribution in [-0.4, -0.2) is 97.0 Å². The Morgan fingerprint density at radius 1 is 0.746 bits per heavy atom. The summed E-state index contributed by atoms with van der Waals surface area (Å²) in [5.74, 6) is -0.826. The lowest BCUT2D eigenvalue weighted by Crippen LogP contribution is -2.40. The number of amides is 2.